The van der Waals surface area contributed by atoms with Gasteiger partial charge in [0.05, 0.1) is 6.61 Å². The van der Waals surface area contributed by atoms with Gasteiger partial charge in [-0.2, -0.15) is 0 Å². The van der Waals surface area contributed by atoms with Crippen LogP contribution in [-0.4, -0.2) is 36.5 Å². The topological polar surface area (TPSA) is 41.6 Å². The van der Waals surface area contributed by atoms with Crippen LogP contribution in [0.5, 0.6) is 5.75 Å². The third kappa shape index (κ3) is 5.68. The van der Waals surface area contributed by atoms with Gasteiger partial charge in [0.15, 0.2) is 0 Å². The standard InChI is InChI=1S/C20H30N2O2/c1-4-7-16(2)21-20(23)18-9-11-19(12-10-18)24-15-6-14-22-13-5-8-17(22)3/h9-12,17H,2,4-8,13-15H2,1,3H3,(H,21,23). The summed E-state index contributed by atoms with van der Waals surface area (Å²) in [5, 5.41) is 2.82. The van der Waals surface area contributed by atoms with Gasteiger partial charge in [-0.1, -0.05) is 19.9 Å². The predicted molar refractivity (Wildman–Crippen MR) is 98.3 cm³/mol. The van der Waals surface area contributed by atoms with E-state index in [1.807, 2.05) is 12.1 Å². The van der Waals surface area contributed by atoms with Crippen LogP contribution < -0.4 is 10.1 Å². The Hall–Kier alpha value is -1.81. The summed E-state index contributed by atoms with van der Waals surface area (Å²) in [6.07, 6.45) is 5.44. The summed E-state index contributed by atoms with van der Waals surface area (Å²) in [5.41, 5.74) is 1.39. The minimum absolute atomic E-state index is 0.108. The molecule has 24 heavy (non-hydrogen) atoms. The molecule has 132 valence electrons. The molecular formula is C20H30N2O2. The van der Waals surface area contributed by atoms with E-state index in [1.165, 1.54) is 19.4 Å². The molecule has 1 unspecified atom stereocenters. The molecule has 0 aromatic heterocycles. The zero-order valence-corrected chi connectivity index (χ0v) is 15.0. The molecular weight excluding hydrogens is 300 g/mol. The average Bonchev–Trinajstić information content (AvgIpc) is 2.97. The molecule has 1 aliphatic heterocycles. The molecule has 0 spiro atoms. The number of likely N-dealkylation sites (tertiary alicyclic amines) is 1. The normalized spacial score (nSPS) is 17.7. The van der Waals surface area contributed by atoms with Gasteiger partial charge < -0.3 is 15.0 Å². The number of carbonyl (C=O) groups is 1. The Morgan fingerprint density at radius 1 is 1.38 bits per heavy atom. The van der Waals surface area contributed by atoms with Crippen molar-refractivity contribution in [3.63, 3.8) is 0 Å². The second kappa shape index (κ2) is 9.48. The Bertz CT molecular complexity index is 539. The summed E-state index contributed by atoms with van der Waals surface area (Å²) in [6, 6.07) is 8.02. The first kappa shape index (κ1) is 18.5. The van der Waals surface area contributed by atoms with Crippen molar-refractivity contribution in [2.45, 2.75) is 52.0 Å². The number of amides is 1. The van der Waals surface area contributed by atoms with Gasteiger partial charge >= 0.3 is 0 Å². The van der Waals surface area contributed by atoms with Crippen molar-refractivity contribution in [2.75, 3.05) is 19.7 Å². The highest BCUT2D eigenvalue weighted by molar-refractivity contribution is 5.95. The second-order valence-corrected chi connectivity index (χ2v) is 6.56. The van der Waals surface area contributed by atoms with Crippen LogP contribution >= 0.6 is 0 Å². The van der Waals surface area contributed by atoms with E-state index >= 15 is 0 Å². The molecule has 1 amide bonds. The van der Waals surface area contributed by atoms with Gasteiger partial charge in [0.2, 0.25) is 0 Å². The fourth-order valence-electron chi connectivity index (χ4n) is 3.08. The van der Waals surface area contributed by atoms with E-state index in [1.54, 1.807) is 12.1 Å². The van der Waals surface area contributed by atoms with Crippen LogP contribution in [0, 0.1) is 0 Å². The number of allylic oxidation sites excluding steroid dienone is 1. The molecule has 1 aromatic rings. The molecule has 1 fully saturated rings. The monoisotopic (exact) mass is 330 g/mol. The lowest BCUT2D eigenvalue weighted by Gasteiger charge is -2.20. The van der Waals surface area contributed by atoms with Crippen LogP contribution in [0.3, 0.4) is 0 Å². The van der Waals surface area contributed by atoms with E-state index in [9.17, 15) is 4.79 Å². The highest BCUT2D eigenvalue weighted by Gasteiger charge is 2.19. The highest BCUT2D eigenvalue weighted by atomic mass is 16.5. The summed E-state index contributed by atoms with van der Waals surface area (Å²) in [5.74, 6) is 0.705. The molecule has 4 heteroatoms. The number of rotatable bonds is 9. The van der Waals surface area contributed by atoms with Crippen LogP contribution in [0.15, 0.2) is 36.5 Å². The number of hydrogen-bond acceptors (Lipinski definition) is 3. The highest BCUT2D eigenvalue weighted by Crippen LogP contribution is 2.17. The van der Waals surface area contributed by atoms with Crippen molar-refractivity contribution in [2.24, 2.45) is 0 Å². The third-order valence-electron chi connectivity index (χ3n) is 4.51. The second-order valence-electron chi connectivity index (χ2n) is 6.56. The Balaban J connectivity index is 1.71. The first-order valence-electron chi connectivity index (χ1n) is 9.06. The molecule has 4 nitrogen and oxygen atoms in total. The molecule has 1 heterocycles. The maximum Gasteiger partial charge on any atom is 0.255 e. The van der Waals surface area contributed by atoms with Crippen molar-refractivity contribution < 1.29 is 9.53 Å². The molecule has 0 aliphatic carbocycles. The predicted octanol–water partition coefficient (Wildman–Crippen LogP) is 3.98. The summed E-state index contributed by atoms with van der Waals surface area (Å²) < 4.78 is 5.78. The number of nitrogens with zero attached hydrogens (tertiary/aromatic N) is 1. The van der Waals surface area contributed by atoms with Crippen LogP contribution in [0.1, 0.15) is 56.3 Å². The number of hydrogen-bond donors (Lipinski definition) is 1. The number of ether oxygens (including phenoxy) is 1. The number of benzene rings is 1. The van der Waals surface area contributed by atoms with Crippen LogP contribution in [0.4, 0.5) is 0 Å². The Labute approximate surface area is 145 Å². The molecule has 2 rings (SSSR count). The fourth-order valence-corrected chi connectivity index (χ4v) is 3.08. The molecule has 1 aromatic carbocycles. The van der Waals surface area contributed by atoms with E-state index in [4.69, 9.17) is 4.74 Å². The number of nitrogens with one attached hydrogen (secondary N) is 1. The smallest absolute Gasteiger partial charge is 0.255 e. The van der Waals surface area contributed by atoms with Crippen LogP contribution in [0.2, 0.25) is 0 Å². The maximum atomic E-state index is 12.1. The zero-order chi connectivity index (χ0) is 17.4. The van der Waals surface area contributed by atoms with Gasteiger partial charge in [-0.05, 0) is 63.4 Å². The lowest BCUT2D eigenvalue weighted by molar-refractivity contribution is 0.0964. The summed E-state index contributed by atoms with van der Waals surface area (Å²) in [7, 11) is 0. The SMILES string of the molecule is C=C(CCC)NC(=O)c1ccc(OCCCN2CCCC2C)cc1. The lowest BCUT2D eigenvalue weighted by atomic mass is 10.2. The molecule has 1 N–H and O–H groups in total. The minimum Gasteiger partial charge on any atom is -0.494 e. The van der Waals surface area contributed by atoms with Gasteiger partial charge in [-0.3, -0.25) is 4.79 Å². The van der Waals surface area contributed by atoms with Crippen molar-refractivity contribution in [1.82, 2.24) is 10.2 Å². The molecule has 1 atom stereocenters. The molecule has 0 saturated carbocycles. The van der Waals surface area contributed by atoms with Crippen LogP contribution in [-0.2, 0) is 0 Å². The van der Waals surface area contributed by atoms with E-state index < -0.39 is 0 Å². The van der Waals surface area contributed by atoms with Crippen molar-refractivity contribution in [3.05, 3.63) is 42.1 Å². The summed E-state index contributed by atoms with van der Waals surface area (Å²) in [4.78, 5) is 14.6. The first-order chi connectivity index (χ1) is 11.6. The molecule has 0 bridgehead atoms. The van der Waals surface area contributed by atoms with Crippen LogP contribution in [0.25, 0.3) is 0 Å². The molecule has 1 aliphatic rings. The largest absolute Gasteiger partial charge is 0.494 e. The van der Waals surface area contributed by atoms with Gasteiger partial charge in [0.1, 0.15) is 5.75 Å². The Kier molecular flexibility index (Phi) is 7.32. The molecule has 0 radical (unpaired) electrons. The summed E-state index contributed by atoms with van der Waals surface area (Å²) >= 11 is 0. The minimum atomic E-state index is -0.108. The maximum absolute atomic E-state index is 12.1. The number of carbonyl (C=O) groups excluding carboxylic acids is 1. The van der Waals surface area contributed by atoms with E-state index in [2.05, 4.69) is 30.6 Å². The quantitative estimate of drug-likeness (QED) is 0.696. The average molecular weight is 330 g/mol. The fraction of sp³-hybridized carbons (Fsp3) is 0.550. The van der Waals surface area contributed by atoms with Crippen molar-refractivity contribution in [3.8, 4) is 5.75 Å². The first-order valence-corrected chi connectivity index (χ1v) is 9.06. The lowest BCUT2D eigenvalue weighted by Crippen LogP contribution is -2.28. The van der Waals surface area contributed by atoms with Gasteiger partial charge in [0.25, 0.3) is 5.91 Å². The van der Waals surface area contributed by atoms with E-state index in [-0.39, 0.29) is 5.91 Å². The summed E-state index contributed by atoms with van der Waals surface area (Å²) in [6.45, 7) is 11.2. The Morgan fingerprint density at radius 3 is 2.75 bits per heavy atom. The molecule has 1 saturated heterocycles. The Morgan fingerprint density at radius 2 is 2.12 bits per heavy atom. The zero-order valence-electron chi connectivity index (χ0n) is 15.0. The van der Waals surface area contributed by atoms with Crippen molar-refractivity contribution in [1.29, 1.82) is 0 Å². The van der Waals surface area contributed by atoms with Crippen molar-refractivity contribution >= 4 is 5.91 Å². The van der Waals surface area contributed by atoms with Gasteiger partial charge in [-0.25, -0.2) is 0 Å². The van der Waals surface area contributed by atoms with E-state index in [0.717, 1.165) is 37.3 Å². The third-order valence-corrected chi connectivity index (χ3v) is 4.51. The van der Waals surface area contributed by atoms with Gasteiger partial charge in [0, 0.05) is 23.8 Å². The van der Waals surface area contributed by atoms with Gasteiger partial charge in [-0.15, -0.1) is 0 Å². The van der Waals surface area contributed by atoms with E-state index in [0.29, 0.717) is 18.2 Å².